The molecule has 1 aliphatic rings. The molecule has 0 bridgehead atoms. The third-order valence-electron chi connectivity index (χ3n) is 2.88. The highest BCUT2D eigenvalue weighted by Crippen LogP contribution is 2.06. The van der Waals surface area contributed by atoms with E-state index >= 15 is 0 Å². The van der Waals surface area contributed by atoms with Gasteiger partial charge in [-0.2, -0.15) is 0 Å². The van der Waals surface area contributed by atoms with E-state index in [9.17, 15) is 5.11 Å². The number of nitrogens with zero attached hydrogens (tertiary/aromatic N) is 1. The second kappa shape index (κ2) is 7.22. The predicted molar refractivity (Wildman–Crippen MR) is 65.6 cm³/mol. The maximum absolute atomic E-state index is 9.89. The number of ether oxygens (including phenoxy) is 1. The molecule has 1 aliphatic heterocycles. The summed E-state index contributed by atoms with van der Waals surface area (Å²) in [6.07, 6.45) is -0.278. The van der Waals surface area contributed by atoms with Gasteiger partial charge in [-0.1, -0.05) is 13.8 Å². The molecular weight excluding hydrogens is 204 g/mol. The molecule has 4 nitrogen and oxygen atoms in total. The summed E-state index contributed by atoms with van der Waals surface area (Å²) >= 11 is 0. The molecule has 0 aromatic carbocycles. The molecule has 2 N–H and O–H groups in total. The molecule has 0 radical (unpaired) electrons. The monoisotopic (exact) mass is 230 g/mol. The molecule has 0 spiro atoms. The first-order chi connectivity index (χ1) is 7.59. The third kappa shape index (κ3) is 5.25. The minimum Gasteiger partial charge on any atom is -0.390 e. The standard InChI is InChI=1S/C12H26N2O2/c1-10(2)6-13-7-12(15)8-14-4-5-16-9-11(14)3/h10-13,15H,4-9H2,1-3H3. The lowest BCUT2D eigenvalue weighted by molar-refractivity contribution is -0.0196. The van der Waals surface area contributed by atoms with E-state index in [1.807, 2.05) is 0 Å². The number of hydrogen-bond donors (Lipinski definition) is 2. The Hall–Kier alpha value is -0.160. The molecule has 0 saturated carbocycles. The maximum atomic E-state index is 9.89. The minimum atomic E-state index is -0.278. The number of morpholine rings is 1. The van der Waals surface area contributed by atoms with Crippen LogP contribution in [-0.2, 0) is 4.74 Å². The topological polar surface area (TPSA) is 44.7 Å². The molecule has 16 heavy (non-hydrogen) atoms. The number of β-amino-alcohol motifs (C(OH)–C–C–N with tert-alkyl or cyclic N) is 1. The van der Waals surface area contributed by atoms with Crippen molar-refractivity contribution in [2.24, 2.45) is 5.92 Å². The van der Waals surface area contributed by atoms with Gasteiger partial charge in [-0.15, -0.1) is 0 Å². The Morgan fingerprint density at radius 2 is 2.19 bits per heavy atom. The van der Waals surface area contributed by atoms with Crippen LogP contribution >= 0.6 is 0 Å². The van der Waals surface area contributed by atoms with Crippen LogP contribution in [0, 0.1) is 5.92 Å². The molecule has 96 valence electrons. The fourth-order valence-corrected chi connectivity index (χ4v) is 1.91. The maximum Gasteiger partial charge on any atom is 0.0791 e. The number of nitrogens with one attached hydrogen (secondary N) is 1. The van der Waals surface area contributed by atoms with Crippen LogP contribution in [0.1, 0.15) is 20.8 Å². The average molecular weight is 230 g/mol. The van der Waals surface area contributed by atoms with Crippen LogP contribution in [0.15, 0.2) is 0 Å². The van der Waals surface area contributed by atoms with Crippen molar-refractivity contribution in [3.8, 4) is 0 Å². The number of aliphatic hydroxyl groups excluding tert-OH is 1. The fraction of sp³-hybridized carbons (Fsp3) is 1.00. The molecular formula is C12H26N2O2. The van der Waals surface area contributed by atoms with Gasteiger partial charge in [-0.25, -0.2) is 0 Å². The Labute approximate surface area is 99.0 Å². The zero-order chi connectivity index (χ0) is 12.0. The van der Waals surface area contributed by atoms with Crippen LogP contribution in [0.25, 0.3) is 0 Å². The summed E-state index contributed by atoms with van der Waals surface area (Å²) in [6, 6.07) is 0.425. The Morgan fingerprint density at radius 1 is 1.44 bits per heavy atom. The lowest BCUT2D eigenvalue weighted by atomic mass is 10.2. The van der Waals surface area contributed by atoms with E-state index in [4.69, 9.17) is 4.74 Å². The van der Waals surface area contributed by atoms with Gasteiger partial charge in [0.25, 0.3) is 0 Å². The summed E-state index contributed by atoms with van der Waals surface area (Å²) in [5, 5.41) is 13.2. The summed E-state index contributed by atoms with van der Waals surface area (Å²) in [7, 11) is 0. The van der Waals surface area contributed by atoms with Gasteiger partial charge in [-0.05, 0) is 19.4 Å². The van der Waals surface area contributed by atoms with Crippen molar-refractivity contribution in [1.82, 2.24) is 10.2 Å². The normalized spacial score (nSPS) is 24.9. The predicted octanol–water partition coefficient (Wildman–Crippen LogP) is 0.314. The van der Waals surface area contributed by atoms with Crippen molar-refractivity contribution in [3.63, 3.8) is 0 Å². The van der Waals surface area contributed by atoms with Crippen molar-refractivity contribution >= 4 is 0 Å². The Bertz CT molecular complexity index is 188. The van der Waals surface area contributed by atoms with Crippen LogP contribution in [0.5, 0.6) is 0 Å². The summed E-state index contributed by atoms with van der Waals surface area (Å²) in [5.41, 5.74) is 0. The lowest BCUT2D eigenvalue weighted by Gasteiger charge is -2.34. The van der Waals surface area contributed by atoms with Crippen LogP contribution in [0.4, 0.5) is 0 Å². The van der Waals surface area contributed by atoms with Crippen molar-refractivity contribution in [2.45, 2.75) is 32.9 Å². The molecule has 1 rings (SSSR count). The van der Waals surface area contributed by atoms with Gasteiger partial charge in [0, 0.05) is 25.7 Å². The van der Waals surface area contributed by atoms with E-state index in [1.165, 1.54) is 0 Å². The van der Waals surface area contributed by atoms with Crippen LogP contribution in [-0.4, -0.2) is 61.5 Å². The second-order valence-corrected chi connectivity index (χ2v) is 5.12. The molecule has 0 amide bonds. The quantitative estimate of drug-likeness (QED) is 0.689. The Morgan fingerprint density at radius 3 is 2.81 bits per heavy atom. The third-order valence-corrected chi connectivity index (χ3v) is 2.88. The van der Waals surface area contributed by atoms with E-state index in [1.54, 1.807) is 0 Å². The Kier molecular flexibility index (Phi) is 6.28. The highest BCUT2D eigenvalue weighted by atomic mass is 16.5. The molecule has 1 heterocycles. The number of rotatable bonds is 6. The molecule has 0 aromatic rings. The van der Waals surface area contributed by atoms with Crippen LogP contribution < -0.4 is 5.32 Å². The largest absolute Gasteiger partial charge is 0.390 e. The van der Waals surface area contributed by atoms with E-state index < -0.39 is 0 Å². The molecule has 2 atom stereocenters. The Balaban J connectivity index is 2.14. The highest BCUT2D eigenvalue weighted by molar-refractivity contribution is 4.75. The van der Waals surface area contributed by atoms with Gasteiger partial charge < -0.3 is 15.2 Å². The molecule has 0 aromatic heterocycles. The molecule has 2 unspecified atom stereocenters. The van der Waals surface area contributed by atoms with Crippen LogP contribution in [0.2, 0.25) is 0 Å². The zero-order valence-corrected chi connectivity index (χ0v) is 10.8. The van der Waals surface area contributed by atoms with E-state index in [0.717, 1.165) is 32.8 Å². The first-order valence-electron chi connectivity index (χ1n) is 6.30. The molecule has 4 heteroatoms. The summed E-state index contributed by atoms with van der Waals surface area (Å²) in [5.74, 6) is 0.634. The fourth-order valence-electron chi connectivity index (χ4n) is 1.91. The van der Waals surface area contributed by atoms with Crippen molar-refractivity contribution in [3.05, 3.63) is 0 Å². The first kappa shape index (κ1) is 13.9. The smallest absolute Gasteiger partial charge is 0.0791 e. The number of hydrogen-bond acceptors (Lipinski definition) is 4. The van der Waals surface area contributed by atoms with Gasteiger partial charge >= 0.3 is 0 Å². The van der Waals surface area contributed by atoms with Gasteiger partial charge in [0.2, 0.25) is 0 Å². The summed E-state index contributed by atoms with van der Waals surface area (Å²) < 4.78 is 5.37. The molecule has 1 fully saturated rings. The van der Waals surface area contributed by atoms with Crippen LogP contribution in [0.3, 0.4) is 0 Å². The second-order valence-electron chi connectivity index (χ2n) is 5.12. The first-order valence-corrected chi connectivity index (χ1v) is 6.30. The highest BCUT2D eigenvalue weighted by Gasteiger charge is 2.20. The zero-order valence-electron chi connectivity index (χ0n) is 10.8. The summed E-state index contributed by atoms with van der Waals surface area (Å²) in [6.45, 7) is 11.4. The van der Waals surface area contributed by atoms with E-state index in [2.05, 4.69) is 31.0 Å². The van der Waals surface area contributed by atoms with Crippen molar-refractivity contribution in [1.29, 1.82) is 0 Å². The summed E-state index contributed by atoms with van der Waals surface area (Å²) in [4.78, 5) is 2.30. The molecule has 1 saturated heterocycles. The lowest BCUT2D eigenvalue weighted by Crippen LogP contribution is -2.48. The van der Waals surface area contributed by atoms with Crippen molar-refractivity contribution < 1.29 is 9.84 Å². The average Bonchev–Trinajstić information content (AvgIpc) is 2.21. The van der Waals surface area contributed by atoms with Gasteiger partial charge in [0.1, 0.15) is 0 Å². The molecule has 0 aliphatic carbocycles. The SMILES string of the molecule is CC(C)CNCC(O)CN1CCOCC1C. The van der Waals surface area contributed by atoms with Gasteiger partial charge in [-0.3, -0.25) is 4.90 Å². The van der Waals surface area contributed by atoms with Gasteiger partial charge in [0.15, 0.2) is 0 Å². The van der Waals surface area contributed by atoms with E-state index in [-0.39, 0.29) is 6.10 Å². The van der Waals surface area contributed by atoms with Gasteiger partial charge in [0.05, 0.1) is 19.3 Å². The van der Waals surface area contributed by atoms with E-state index in [0.29, 0.717) is 18.5 Å². The minimum absolute atomic E-state index is 0.278. The van der Waals surface area contributed by atoms with Crippen molar-refractivity contribution in [2.75, 3.05) is 39.4 Å². The number of aliphatic hydroxyl groups is 1.